The molecular weight excluding hydrogens is 233 g/mol. The third kappa shape index (κ3) is 2.08. The number of allylic oxidation sites excluding steroid dienone is 1. The van der Waals surface area contributed by atoms with E-state index in [4.69, 9.17) is 0 Å². The Labute approximate surface area is 88.5 Å². The van der Waals surface area contributed by atoms with Crippen LogP contribution in [0.15, 0.2) is 30.3 Å². The predicted molar refractivity (Wildman–Crippen MR) is 43.2 cm³/mol. The largest absolute Gasteiger partial charge is 1.00 e. The second kappa shape index (κ2) is 5.02. The Morgan fingerprint density at radius 2 is 1.86 bits per heavy atom. The van der Waals surface area contributed by atoms with Gasteiger partial charge in [0.15, 0.2) is 0 Å². The van der Waals surface area contributed by atoms with Gasteiger partial charge < -0.3 is 9.41 Å². The fourth-order valence-corrected chi connectivity index (χ4v) is 1.70. The second-order valence-electron chi connectivity index (χ2n) is 2.75. The summed E-state index contributed by atoms with van der Waals surface area (Å²) in [7, 11) is 0. The molecule has 2 rings (SSSR count). The Bertz CT molecular complexity index is 363. The zero-order valence-corrected chi connectivity index (χ0v) is 8.08. The van der Waals surface area contributed by atoms with E-state index in [0.29, 0.717) is 0 Å². The summed E-state index contributed by atoms with van der Waals surface area (Å²) in [5.74, 6) is -0.138. The standard InChI is InChI=1S/C10H7O.Co.2FH/c11-7-9-6-5-8-3-1-2-4-10(8)9;;;/h1-6,9H;;2*1H/q;+2;;/p-2. The number of carbonyl (C=O) groups excluding carboxylic acids is 1. The molecule has 0 heterocycles. The quantitative estimate of drug-likeness (QED) is 0.487. The molecule has 1 nitrogen and oxygen atoms in total. The van der Waals surface area contributed by atoms with E-state index >= 15 is 0 Å². The van der Waals surface area contributed by atoms with Gasteiger partial charge in [0, 0.05) is 0 Å². The van der Waals surface area contributed by atoms with Gasteiger partial charge in [-0.15, -0.1) is 0 Å². The summed E-state index contributed by atoms with van der Waals surface area (Å²) >= 11 is 3.88. The van der Waals surface area contributed by atoms with Crippen LogP contribution in [0.4, 0.5) is 0 Å². The molecule has 0 amide bonds. The van der Waals surface area contributed by atoms with Crippen LogP contribution in [0.25, 0.3) is 6.08 Å². The van der Waals surface area contributed by atoms with Crippen molar-refractivity contribution in [3.8, 4) is 0 Å². The van der Waals surface area contributed by atoms with Gasteiger partial charge in [0.2, 0.25) is 0 Å². The van der Waals surface area contributed by atoms with Crippen molar-refractivity contribution in [3.05, 3.63) is 41.5 Å². The molecule has 0 spiro atoms. The Hall–Kier alpha value is -1.00. The average molecular weight is 240 g/mol. The molecule has 0 aromatic heterocycles. The fraction of sp³-hybridized carbons (Fsp3) is 0.100. The molecule has 0 bridgehead atoms. The van der Waals surface area contributed by atoms with Crippen LogP contribution in [-0.4, -0.2) is 4.72 Å². The summed E-state index contributed by atoms with van der Waals surface area (Å²) in [5.41, 5.74) is 2.19. The van der Waals surface area contributed by atoms with Gasteiger partial charge >= 0.3 is 78.7 Å². The normalized spacial score (nSPS) is 16.5. The molecule has 0 N–H and O–H groups in total. The Morgan fingerprint density at radius 1 is 1.21 bits per heavy atom. The Kier molecular flexibility index (Phi) is 4.66. The van der Waals surface area contributed by atoms with Crippen molar-refractivity contribution >= 4 is 10.8 Å². The van der Waals surface area contributed by atoms with E-state index in [9.17, 15) is 4.79 Å². The maximum absolute atomic E-state index is 11.0. The van der Waals surface area contributed by atoms with Gasteiger partial charge in [0.25, 0.3) is 0 Å². The first-order chi connectivity index (χ1) is 5.79. The van der Waals surface area contributed by atoms with Gasteiger partial charge in [-0.1, -0.05) is 0 Å². The summed E-state index contributed by atoms with van der Waals surface area (Å²) in [6, 6.07) is 7.87. The van der Waals surface area contributed by atoms with Crippen LogP contribution < -0.4 is 9.41 Å². The van der Waals surface area contributed by atoms with Gasteiger partial charge in [-0.05, 0) is 0 Å². The van der Waals surface area contributed by atoms with E-state index in [1.165, 1.54) is 0 Å². The number of halogens is 2. The smallest absolute Gasteiger partial charge is 1.00 e. The van der Waals surface area contributed by atoms with Crippen molar-refractivity contribution in [2.24, 2.45) is 0 Å². The molecule has 1 aliphatic carbocycles. The minimum absolute atomic E-state index is 0. The molecular formula is C10H7CoF2O. The van der Waals surface area contributed by atoms with Gasteiger partial charge in [0.1, 0.15) is 0 Å². The van der Waals surface area contributed by atoms with Crippen LogP contribution in [0.5, 0.6) is 0 Å². The van der Waals surface area contributed by atoms with E-state index in [2.05, 4.69) is 15.7 Å². The first-order valence-corrected chi connectivity index (χ1v) is 4.25. The number of fused-ring (bicyclic) bond motifs is 1. The number of carbonyl (C=O) groups is 1. The van der Waals surface area contributed by atoms with Crippen molar-refractivity contribution in [2.45, 2.75) is 5.92 Å². The van der Waals surface area contributed by atoms with Crippen molar-refractivity contribution in [1.82, 2.24) is 0 Å². The van der Waals surface area contributed by atoms with Crippen LogP contribution in [0, 0.1) is 0 Å². The molecule has 1 unspecified atom stereocenters. The van der Waals surface area contributed by atoms with Crippen molar-refractivity contribution in [1.29, 1.82) is 0 Å². The van der Waals surface area contributed by atoms with Crippen LogP contribution in [0.1, 0.15) is 17.0 Å². The van der Waals surface area contributed by atoms with Gasteiger partial charge in [0.05, 0.1) is 0 Å². The molecule has 1 aromatic rings. The molecule has 0 saturated carbocycles. The van der Waals surface area contributed by atoms with Crippen LogP contribution in [-0.2, 0) is 20.5 Å². The SMILES string of the molecule is O=[C]([Co+2])C1C=Cc2ccccc21.[F-].[F-]. The zero-order chi connectivity index (χ0) is 8.55. The van der Waals surface area contributed by atoms with E-state index in [0.717, 1.165) is 11.1 Å². The first-order valence-electron chi connectivity index (χ1n) is 3.73. The van der Waals surface area contributed by atoms with Gasteiger partial charge in [-0.2, -0.15) is 0 Å². The molecule has 1 aromatic carbocycles. The minimum atomic E-state index is -0.138. The summed E-state index contributed by atoms with van der Waals surface area (Å²) in [6.07, 6.45) is 3.85. The number of hydrogen-bond donors (Lipinski definition) is 0. The summed E-state index contributed by atoms with van der Waals surface area (Å²) in [6.45, 7) is 0. The number of rotatable bonds is 1. The van der Waals surface area contributed by atoms with E-state index in [1.807, 2.05) is 36.4 Å². The molecule has 0 aliphatic heterocycles. The number of hydrogen-bond acceptors (Lipinski definition) is 1. The molecule has 1 atom stereocenters. The molecule has 0 radical (unpaired) electrons. The van der Waals surface area contributed by atoms with Crippen molar-refractivity contribution in [3.63, 3.8) is 0 Å². The summed E-state index contributed by atoms with van der Waals surface area (Å²) in [5, 5.41) is 0. The van der Waals surface area contributed by atoms with Crippen molar-refractivity contribution < 1.29 is 29.9 Å². The zero-order valence-electron chi connectivity index (χ0n) is 7.04. The summed E-state index contributed by atoms with van der Waals surface area (Å²) < 4.78 is -0.0938. The maximum Gasteiger partial charge on any atom is -1.00 e. The average Bonchev–Trinajstić information content (AvgIpc) is 2.47. The molecule has 76 valence electrons. The third-order valence-corrected chi connectivity index (χ3v) is 2.35. The minimum Gasteiger partial charge on any atom is -1.00 e. The Morgan fingerprint density at radius 3 is 2.50 bits per heavy atom. The first kappa shape index (κ1) is 13.0. The molecule has 4 heteroatoms. The summed E-state index contributed by atoms with van der Waals surface area (Å²) in [4.78, 5) is 11.0. The monoisotopic (exact) mass is 240 g/mol. The molecule has 0 fully saturated rings. The van der Waals surface area contributed by atoms with Gasteiger partial charge in [-0.3, -0.25) is 0 Å². The topological polar surface area (TPSA) is 17.1 Å². The fourth-order valence-electron chi connectivity index (χ4n) is 1.44. The van der Waals surface area contributed by atoms with E-state index in [1.54, 1.807) is 0 Å². The predicted octanol–water partition coefficient (Wildman–Crippen LogP) is -4.12. The van der Waals surface area contributed by atoms with Crippen LogP contribution in [0.2, 0.25) is 0 Å². The third-order valence-electron chi connectivity index (χ3n) is 2.03. The maximum atomic E-state index is 11.0. The Balaban J connectivity index is 0.000000845. The van der Waals surface area contributed by atoms with Gasteiger partial charge in [-0.25, -0.2) is 0 Å². The molecule has 0 saturated heterocycles. The van der Waals surface area contributed by atoms with Crippen LogP contribution >= 0.6 is 0 Å². The van der Waals surface area contributed by atoms with E-state index < -0.39 is 0 Å². The number of benzene rings is 1. The molecule has 1 aliphatic rings. The van der Waals surface area contributed by atoms with Crippen molar-refractivity contribution in [2.75, 3.05) is 0 Å². The van der Waals surface area contributed by atoms with Crippen LogP contribution in [0.3, 0.4) is 0 Å². The second-order valence-corrected chi connectivity index (χ2v) is 3.26. The molecule has 14 heavy (non-hydrogen) atoms. The van der Waals surface area contributed by atoms with E-state index in [-0.39, 0.29) is 20.0 Å².